The monoisotopic (exact) mass is 477 g/mol. The molecule has 8 heteroatoms. The number of nitrogens with one attached hydrogen (secondary N) is 1. The smallest absolute Gasteiger partial charge is 0.262 e. The van der Waals surface area contributed by atoms with E-state index in [-0.39, 0.29) is 18.4 Å². The molecule has 36 heavy (non-hydrogen) atoms. The van der Waals surface area contributed by atoms with Gasteiger partial charge in [-0.15, -0.1) is 0 Å². The molecule has 8 nitrogen and oxygen atoms in total. The second-order valence-electron chi connectivity index (χ2n) is 8.25. The van der Waals surface area contributed by atoms with Crippen LogP contribution in [0.4, 0.5) is 5.69 Å². The number of amides is 1. The first-order valence-corrected chi connectivity index (χ1v) is 11.4. The number of nitrogens with two attached hydrogens (primary N) is 1. The average molecular weight is 478 g/mol. The van der Waals surface area contributed by atoms with Crippen molar-refractivity contribution in [2.45, 2.75) is 12.8 Å². The summed E-state index contributed by atoms with van der Waals surface area (Å²) in [5.41, 5.74) is 10.4. The van der Waals surface area contributed by atoms with Crippen LogP contribution in [0.3, 0.4) is 0 Å². The number of benzene rings is 3. The zero-order chi connectivity index (χ0) is 25.1. The molecule has 0 spiro atoms. The third kappa shape index (κ3) is 4.38. The SMILES string of the molecule is Cc1nn(-c2ccccc2)c2c1C(c1ccc(OCC(=O)Nc3ccccc3)cc1)C(C#N)=C(N)O2. The average Bonchev–Trinajstić information content (AvgIpc) is 3.23. The van der Waals surface area contributed by atoms with Crippen molar-refractivity contribution < 1.29 is 14.3 Å². The summed E-state index contributed by atoms with van der Waals surface area (Å²) < 4.78 is 13.2. The number of anilines is 1. The molecule has 0 saturated carbocycles. The quantitative estimate of drug-likeness (QED) is 0.425. The van der Waals surface area contributed by atoms with Crippen LogP contribution in [0.2, 0.25) is 0 Å². The number of nitrogens with zero attached hydrogens (tertiary/aromatic N) is 3. The second-order valence-corrected chi connectivity index (χ2v) is 8.25. The van der Waals surface area contributed by atoms with Crippen molar-refractivity contribution in [3.05, 3.63) is 113 Å². The van der Waals surface area contributed by atoms with E-state index < -0.39 is 5.92 Å². The lowest BCUT2D eigenvalue weighted by Crippen LogP contribution is -2.22. The number of para-hydroxylation sites is 2. The van der Waals surface area contributed by atoms with Gasteiger partial charge in [0.15, 0.2) is 6.61 Å². The minimum absolute atomic E-state index is 0.0463. The number of fused-ring (bicyclic) bond motifs is 1. The predicted molar refractivity (Wildman–Crippen MR) is 135 cm³/mol. The van der Waals surface area contributed by atoms with Crippen LogP contribution in [0, 0.1) is 18.3 Å². The number of aryl methyl sites for hydroxylation is 1. The topological polar surface area (TPSA) is 115 Å². The molecule has 1 aromatic heterocycles. The number of ether oxygens (including phenoxy) is 2. The zero-order valence-corrected chi connectivity index (χ0v) is 19.5. The molecule has 4 aromatic rings. The maximum Gasteiger partial charge on any atom is 0.262 e. The van der Waals surface area contributed by atoms with Gasteiger partial charge in [0.05, 0.1) is 22.9 Å². The normalized spacial score (nSPS) is 14.4. The van der Waals surface area contributed by atoms with Gasteiger partial charge in [0.25, 0.3) is 5.91 Å². The van der Waals surface area contributed by atoms with Crippen molar-refractivity contribution in [2.75, 3.05) is 11.9 Å². The lowest BCUT2D eigenvalue weighted by Gasteiger charge is -2.25. The van der Waals surface area contributed by atoms with E-state index >= 15 is 0 Å². The first kappa shape index (κ1) is 22.7. The molecule has 0 bridgehead atoms. The molecule has 1 unspecified atom stereocenters. The maximum atomic E-state index is 12.2. The predicted octanol–water partition coefficient (Wildman–Crippen LogP) is 4.42. The van der Waals surface area contributed by atoms with E-state index in [9.17, 15) is 10.1 Å². The van der Waals surface area contributed by atoms with Gasteiger partial charge in [-0.25, -0.2) is 4.68 Å². The Balaban J connectivity index is 1.40. The summed E-state index contributed by atoms with van der Waals surface area (Å²) in [6.45, 7) is 1.75. The molecule has 2 heterocycles. The van der Waals surface area contributed by atoms with Gasteiger partial charge in [-0.2, -0.15) is 10.4 Å². The molecule has 0 aliphatic carbocycles. The first-order chi connectivity index (χ1) is 17.5. The van der Waals surface area contributed by atoms with Crippen LogP contribution >= 0.6 is 0 Å². The Morgan fingerprint density at radius 1 is 1.08 bits per heavy atom. The summed E-state index contributed by atoms with van der Waals surface area (Å²) in [7, 11) is 0. The van der Waals surface area contributed by atoms with E-state index in [1.54, 1.807) is 16.8 Å². The molecule has 0 fully saturated rings. The van der Waals surface area contributed by atoms with Crippen molar-refractivity contribution in [3.8, 4) is 23.4 Å². The van der Waals surface area contributed by atoms with Crippen molar-refractivity contribution in [3.63, 3.8) is 0 Å². The molecule has 1 atom stereocenters. The van der Waals surface area contributed by atoms with E-state index in [4.69, 9.17) is 15.2 Å². The van der Waals surface area contributed by atoms with Gasteiger partial charge in [0.1, 0.15) is 17.4 Å². The summed E-state index contributed by atoms with van der Waals surface area (Å²) in [4.78, 5) is 12.2. The fraction of sp³-hybridized carbons (Fsp3) is 0.107. The third-order valence-corrected chi connectivity index (χ3v) is 5.87. The molecule has 178 valence electrons. The Kier molecular flexibility index (Phi) is 6.12. The Morgan fingerprint density at radius 2 is 1.75 bits per heavy atom. The molecular formula is C28H23N5O3. The summed E-state index contributed by atoms with van der Waals surface area (Å²) in [5.74, 6) is 0.349. The number of hydrogen-bond donors (Lipinski definition) is 2. The van der Waals surface area contributed by atoms with E-state index in [2.05, 4.69) is 16.5 Å². The highest BCUT2D eigenvalue weighted by Crippen LogP contribution is 2.44. The lowest BCUT2D eigenvalue weighted by atomic mass is 9.84. The number of carbonyl (C=O) groups is 1. The standard InChI is InChI=1S/C28H23N5O3/c1-18-25-26(23(16-29)27(30)36-28(25)33(32-18)21-10-6-3-7-11-21)19-12-14-22(15-13-19)35-17-24(34)31-20-8-4-2-5-9-20/h2-15,26H,17,30H2,1H3,(H,31,34). The zero-order valence-electron chi connectivity index (χ0n) is 19.5. The molecule has 3 aromatic carbocycles. The molecular weight excluding hydrogens is 454 g/mol. The van der Waals surface area contributed by atoms with Crippen molar-refractivity contribution >= 4 is 11.6 Å². The number of rotatable bonds is 6. The Hall–Kier alpha value is -5.03. The van der Waals surface area contributed by atoms with Gasteiger partial charge in [0, 0.05) is 5.69 Å². The van der Waals surface area contributed by atoms with Crippen LogP contribution in [0.15, 0.2) is 96.4 Å². The maximum absolute atomic E-state index is 12.2. The lowest BCUT2D eigenvalue weighted by molar-refractivity contribution is -0.118. The molecule has 0 radical (unpaired) electrons. The Bertz CT molecular complexity index is 1470. The number of allylic oxidation sites excluding steroid dienone is 1. The minimum Gasteiger partial charge on any atom is -0.484 e. The van der Waals surface area contributed by atoms with Crippen molar-refractivity contribution in [2.24, 2.45) is 5.73 Å². The van der Waals surface area contributed by atoms with Crippen LogP contribution in [-0.4, -0.2) is 22.3 Å². The highest BCUT2D eigenvalue weighted by atomic mass is 16.5. The molecule has 0 saturated heterocycles. The second kappa shape index (κ2) is 9.68. The number of hydrogen-bond acceptors (Lipinski definition) is 6. The number of aromatic nitrogens is 2. The highest BCUT2D eigenvalue weighted by molar-refractivity contribution is 5.91. The molecule has 3 N–H and O–H groups in total. The first-order valence-electron chi connectivity index (χ1n) is 11.4. The van der Waals surface area contributed by atoms with Gasteiger partial charge in [-0.3, -0.25) is 4.79 Å². The van der Waals surface area contributed by atoms with Gasteiger partial charge >= 0.3 is 0 Å². The van der Waals surface area contributed by atoms with Gasteiger partial charge < -0.3 is 20.5 Å². The van der Waals surface area contributed by atoms with Crippen LogP contribution in [0.25, 0.3) is 5.69 Å². The molecule has 5 rings (SSSR count). The number of nitriles is 1. The summed E-state index contributed by atoms with van der Waals surface area (Å²) in [6, 6.07) is 28.2. The van der Waals surface area contributed by atoms with E-state index in [0.29, 0.717) is 22.9 Å². The van der Waals surface area contributed by atoms with Crippen LogP contribution in [0.5, 0.6) is 11.6 Å². The highest BCUT2D eigenvalue weighted by Gasteiger charge is 2.36. The van der Waals surface area contributed by atoms with Gasteiger partial charge in [0.2, 0.25) is 11.8 Å². The third-order valence-electron chi connectivity index (χ3n) is 5.87. The molecule has 1 aliphatic heterocycles. The van der Waals surface area contributed by atoms with Crippen LogP contribution in [0.1, 0.15) is 22.7 Å². The summed E-state index contributed by atoms with van der Waals surface area (Å²) in [5, 5.41) is 17.3. The minimum atomic E-state index is -0.452. The van der Waals surface area contributed by atoms with Crippen LogP contribution in [-0.2, 0) is 4.79 Å². The van der Waals surface area contributed by atoms with E-state index in [0.717, 1.165) is 22.5 Å². The van der Waals surface area contributed by atoms with Gasteiger partial charge in [-0.05, 0) is 48.9 Å². The fourth-order valence-corrected chi connectivity index (χ4v) is 4.22. The molecule has 1 amide bonds. The summed E-state index contributed by atoms with van der Waals surface area (Å²) in [6.07, 6.45) is 0. The van der Waals surface area contributed by atoms with Gasteiger partial charge in [-0.1, -0.05) is 48.5 Å². The Labute approximate surface area is 208 Å². The Morgan fingerprint density at radius 3 is 2.42 bits per heavy atom. The van der Waals surface area contributed by atoms with Crippen molar-refractivity contribution in [1.29, 1.82) is 5.26 Å². The van der Waals surface area contributed by atoms with Crippen molar-refractivity contribution in [1.82, 2.24) is 9.78 Å². The van der Waals surface area contributed by atoms with Crippen LogP contribution < -0.4 is 20.5 Å². The fourth-order valence-electron chi connectivity index (χ4n) is 4.22. The van der Waals surface area contributed by atoms with E-state index in [1.165, 1.54) is 0 Å². The van der Waals surface area contributed by atoms with E-state index in [1.807, 2.05) is 79.7 Å². The largest absolute Gasteiger partial charge is 0.484 e. The number of carbonyl (C=O) groups excluding carboxylic acids is 1. The summed E-state index contributed by atoms with van der Waals surface area (Å²) >= 11 is 0. The molecule has 1 aliphatic rings.